The highest BCUT2D eigenvalue weighted by molar-refractivity contribution is 6.33. The number of carbonyl (C=O) groups excluding carboxylic acids is 2. The third-order valence-corrected chi connectivity index (χ3v) is 3.62. The van der Waals surface area contributed by atoms with E-state index >= 15 is 0 Å². The minimum atomic E-state index is -1.12. The van der Waals surface area contributed by atoms with Crippen LogP contribution in [-0.2, 0) is 9.53 Å². The molecule has 0 unspecified atom stereocenters. The summed E-state index contributed by atoms with van der Waals surface area (Å²) in [6.45, 7) is 1.39. The summed E-state index contributed by atoms with van der Waals surface area (Å²) in [5.41, 5.74) is 6.14. The SMILES string of the molecule is C[C@@H](OC(=O)c1ccc(Cl)cc1N)C(=O)Nc1ccc(F)cc1Cl. The van der Waals surface area contributed by atoms with Gasteiger partial charge in [-0.1, -0.05) is 23.2 Å². The number of anilines is 2. The Hall–Kier alpha value is -2.31. The molecule has 2 rings (SSSR count). The average molecular weight is 371 g/mol. The smallest absolute Gasteiger partial charge is 0.341 e. The lowest BCUT2D eigenvalue weighted by atomic mass is 10.2. The fourth-order valence-electron chi connectivity index (χ4n) is 1.82. The highest BCUT2D eigenvalue weighted by Crippen LogP contribution is 2.23. The molecular formula is C16H13Cl2FN2O3. The van der Waals surface area contributed by atoms with Gasteiger partial charge in [0.15, 0.2) is 6.10 Å². The van der Waals surface area contributed by atoms with Crippen molar-refractivity contribution >= 4 is 46.5 Å². The Bertz CT molecular complexity index is 799. The number of halogens is 3. The van der Waals surface area contributed by atoms with Crippen molar-refractivity contribution in [2.24, 2.45) is 0 Å². The predicted octanol–water partition coefficient (Wildman–Crippen LogP) is 3.90. The zero-order chi connectivity index (χ0) is 17.9. The summed E-state index contributed by atoms with van der Waals surface area (Å²) < 4.78 is 18.0. The topological polar surface area (TPSA) is 81.4 Å². The van der Waals surface area contributed by atoms with Gasteiger partial charge in [-0.15, -0.1) is 0 Å². The molecule has 126 valence electrons. The summed E-state index contributed by atoms with van der Waals surface area (Å²) in [5, 5.41) is 2.86. The van der Waals surface area contributed by atoms with Gasteiger partial charge in [0, 0.05) is 10.7 Å². The maximum absolute atomic E-state index is 13.0. The van der Waals surface area contributed by atoms with E-state index in [2.05, 4.69) is 5.32 Å². The molecule has 0 bridgehead atoms. The first-order valence-electron chi connectivity index (χ1n) is 6.80. The van der Waals surface area contributed by atoms with E-state index < -0.39 is 23.8 Å². The second-order valence-corrected chi connectivity index (χ2v) is 5.74. The summed E-state index contributed by atoms with van der Waals surface area (Å²) >= 11 is 11.6. The van der Waals surface area contributed by atoms with Crippen LogP contribution >= 0.6 is 23.2 Å². The molecule has 2 aromatic rings. The lowest BCUT2D eigenvalue weighted by molar-refractivity contribution is -0.123. The Morgan fingerprint density at radius 1 is 1.21 bits per heavy atom. The zero-order valence-corrected chi connectivity index (χ0v) is 14.0. The highest BCUT2D eigenvalue weighted by Gasteiger charge is 2.21. The van der Waals surface area contributed by atoms with Crippen molar-refractivity contribution in [3.05, 3.63) is 57.8 Å². The van der Waals surface area contributed by atoms with Crippen molar-refractivity contribution in [1.82, 2.24) is 0 Å². The summed E-state index contributed by atoms with van der Waals surface area (Å²) in [5.74, 6) is -1.92. The van der Waals surface area contributed by atoms with Crippen molar-refractivity contribution in [2.75, 3.05) is 11.1 Å². The molecule has 8 heteroatoms. The van der Waals surface area contributed by atoms with E-state index in [-0.39, 0.29) is 22.0 Å². The van der Waals surface area contributed by atoms with Crippen molar-refractivity contribution in [3.8, 4) is 0 Å². The number of carbonyl (C=O) groups is 2. The van der Waals surface area contributed by atoms with Crippen LogP contribution in [0, 0.1) is 5.82 Å². The Morgan fingerprint density at radius 3 is 2.54 bits per heavy atom. The first-order valence-corrected chi connectivity index (χ1v) is 7.55. The van der Waals surface area contributed by atoms with Crippen molar-refractivity contribution < 1.29 is 18.7 Å². The largest absolute Gasteiger partial charge is 0.449 e. The number of benzene rings is 2. The standard InChI is InChI=1S/C16H13Cl2FN2O3/c1-8(15(22)21-14-5-3-10(19)7-12(14)18)24-16(23)11-4-2-9(17)6-13(11)20/h2-8H,20H2,1H3,(H,21,22)/t8-/m1/s1. The molecule has 0 spiro atoms. The quantitative estimate of drug-likeness (QED) is 0.631. The van der Waals surface area contributed by atoms with E-state index in [4.69, 9.17) is 33.7 Å². The van der Waals surface area contributed by atoms with Gasteiger partial charge < -0.3 is 15.8 Å². The van der Waals surface area contributed by atoms with Gasteiger partial charge in [0.1, 0.15) is 5.82 Å². The van der Waals surface area contributed by atoms with Crippen LogP contribution < -0.4 is 11.1 Å². The van der Waals surface area contributed by atoms with Gasteiger partial charge in [-0.2, -0.15) is 0 Å². The maximum Gasteiger partial charge on any atom is 0.341 e. The molecule has 0 fully saturated rings. The Labute approximate surface area is 147 Å². The molecule has 2 aromatic carbocycles. The van der Waals surface area contributed by atoms with E-state index in [0.29, 0.717) is 5.02 Å². The van der Waals surface area contributed by atoms with Crippen molar-refractivity contribution in [1.29, 1.82) is 0 Å². The molecule has 0 aliphatic rings. The predicted molar refractivity (Wildman–Crippen MR) is 90.8 cm³/mol. The molecular weight excluding hydrogens is 358 g/mol. The van der Waals surface area contributed by atoms with Crippen molar-refractivity contribution in [2.45, 2.75) is 13.0 Å². The van der Waals surface area contributed by atoms with Gasteiger partial charge in [0.05, 0.1) is 16.3 Å². The first-order chi connectivity index (χ1) is 11.3. The molecule has 1 amide bonds. The number of hydrogen-bond donors (Lipinski definition) is 2. The molecule has 0 heterocycles. The molecule has 0 aliphatic heterocycles. The molecule has 0 aliphatic carbocycles. The number of esters is 1. The van der Waals surface area contributed by atoms with Crippen LogP contribution in [0.2, 0.25) is 10.0 Å². The summed E-state index contributed by atoms with van der Waals surface area (Å²) in [6, 6.07) is 7.80. The fraction of sp³-hybridized carbons (Fsp3) is 0.125. The zero-order valence-electron chi connectivity index (χ0n) is 12.5. The van der Waals surface area contributed by atoms with Gasteiger partial charge >= 0.3 is 5.97 Å². The lowest BCUT2D eigenvalue weighted by Gasteiger charge is -2.15. The maximum atomic E-state index is 13.0. The van der Waals surface area contributed by atoms with Crippen LogP contribution in [0.4, 0.5) is 15.8 Å². The van der Waals surface area contributed by atoms with Gasteiger partial charge in [-0.05, 0) is 43.3 Å². The number of rotatable bonds is 4. The van der Waals surface area contributed by atoms with E-state index in [1.807, 2.05) is 0 Å². The second kappa shape index (κ2) is 7.51. The molecule has 5 nitrogen and oxygen atoms in total. The van der Waals surface area contributed by atoms with Crippen LogP contribution in [0.3, 0.4) is 0 Å². The first kappa shape index (κ1) is 18.0. The molecule has 0 aromatic heterocycles. The van der Waals surface area contributed by atoms with Crippen LogP contribution in [0.25, 0.3) is 0 Å². The minimum Gasteiger partial charge on any atom is -0.449 e. The number of nitrogens with two attached hydrogens (primary N) is 1. The number of nitrogen functional groups attached to an aromatic ring is 1. The second-order valence-electron chi connectivity index (χ2n) is 4.89. The van der Waals surface area contributed by atoms with E-state index in [9.17, 15) is 14.0 Å². The highest BCUT2D eigenvalue weighted by atomic mass is 35.5. The molecule has 0 saturated heterocycles. The molecule has 0 saturated carbocycles. The number of amides is 1. The van der Waals surface area contributed by atoms with Crippen LogP contribution in [0.15, 0.2) is 36.4 Å². The molecule has 0 radical (unpaired) electrons. The lowest BCUT2D eigenvalue weighted by Crippen LogP contribution is -2.30. The normalized spacial score (nSPS) is 11.7. The molecule has 24 heavy (non-hydrogen) atoms. The van der Waals surface area contributed by atoms with E-state index in [1.54, 1.807) is 0 Å². The van der Waals surface area contributed by atoms with Gasteiger partial charge in [-0.3, -0.25) is 4.79 Å². The molecule has 3 N–H and O–H groups in total. The average Bonchev–Trinajstić information content (AvgIpc) is 2.49. The summed E-state index contributed by atoms with van der Waals surface area (Å²) in [4.78, 5) is 24.1. The van der Waals surface area contributed by atoms with Crippen LogP contribution in [0.1, 0.15) is 17.3 Å². The number of ether oxygens (including phenoxy) is 1. The number of hydrogen-bond acceptors (Lipinski definition) is 4. The van der Waals surface area contributed by atoms with E-state index in [0.717, 1.165) is 12.1 Å². The molecule has 1 atom stereocenters. The van der Waals surface area contributed by atoms with Crippen LogP contribution in [-0.4, -0.2) is 18.0 Å². The van der Waals surface area contributed by atoms with Gasteiger partial charge in [-0.25, -0.2) is 9.18 Å². The van der Waals surface area contributed by atoms with E-state index in [1.165, 1.54) is 31.2 Å². The monoisotopic (exact) mass is 370 g/mol. The summed E-state index contributed by atoms with van der Waals surface area (Å²) in [7, 11) is 0. The Kier molecular flexibility index (Phi) is 5.64. The third-order valence-electron chi connectivity index (χ3n) is 3.08. The Balaban J connectivity index is 2.04. The number of nitrogens with one attached hydrogen (secondary N) is 1. The summed E-state index contributed by atoms with van der Waals surface area (Å²) in [6.07, 6.45) is -1.12. The van der Waals surface area contributed by atoms with Gasteiger partial charge in [0.2, 0.25) is 0 Å². The minimum absolute atomic E-state index is 0.0313. The van der Waals surface area contributed by atoms with Crippen molar-refractivity contribution in [3.63, 3.8) is 0 Å². The van der Waals surface area contributed by atoms with Gasteiger partial charge in [0.25, 0.3) is 5.91 Å². The Morgan fingerprint density at radius 2 is 1.92 bits per heavy atom. The van der Waals surface area contributed by atoms with Crippen LogP contribution in [0.5, 0.6) is 0 Å². The fourth-order valence-corrected chi connectivity index (χ4v) is 2.22. The third kappa shape index (κ3) is 4.37.